The molecule has 0 amide bonds. The first kappa shape index (κ1) is 18.0. The SMILES string of the molecule is Cn1c(=O)c(-c2ccc(Cl)cc2Cl)c(-c2ccn[nH]2)c2c3ccccc3n(C)c21. The van der Waals surface area contributed by atoms with Gasteiger partial charge in [0, 0.05) is 47.2 Å². The lowest BCUT2D eigenvalue weighted by atomic mass is 9.95. The Balaban J connectivity index is 2.09. The van der Waals surface area contributed by atoms with Crippen molar-refractivity contribution in [1.29, 1.82) is 0 Å². The van der Waals surface area contributed by atoms with Crippen molar-refractivity contribution < 1.29 is 0 Å². The number of aryl methyl sites for hydroxylation is 2. The van der Waals surface area contributed by atoms with Crippen molar-refractivity contribution in [3.05, 3.63) is 75.1 Å². The highest BCUT2D eigenvalue weighted by molar-refractivity contribution is 6.36. The van der Waals surface area contributed by atoms with Gasteiger partial charge in [0.15, 0.2) is 0 Å². The molecule has 0 saturated carbocycles. The number of pyridine rings is 1. The zero-order chi connectivity index (χ0) is 20.3. The van der Waals surface area contributed by atoms with Crippen molar-refractivity contribution in [3.63, 3.8) is 0 Å². The Labute approximate surface area is 176 Å². The first-order valence-corrected chi connectivity index (χ1v) is 9.80. The Hall–Kier alpha value is -3.02. The minimum absolute atomic E-state index is 0.141. The van der Waals surface area contributed by atoms with Gasteiger partial charge in [0.05, 0.1) is 21.8 Å². The predicted octanol–water partition coefficient (Wildman–Crippen LogP) is 5.39. The summed E-state index contributed by atoms with van der Waals surface area (Å²) in [5, 5.41) is 10.1. The van der Waals surface area contributed by atoms with E-state index in [-0.39, 0.29) is 5.56 Å². The zero-order valence-electron chi connectivity index (χ0n) is 15.7. The Bertz CT molecular complexity index is 1460. The van der Waals surface area contributed by atoms with Crippen molar-refractivity contribution in [2.75, 3.05) is 0 Å². The van der Waals surface area contributed by atoms with E-state index in [9.17, 15) is 4.79 Å². The number of rotatable bonds is 2. The lowest BCUT2D eigenvalue weighted by molar-refractivity contribution is 0.847. The molecule has 0 aliphatic carbocycles. The number of aromatic nitrogens is 4. The number of hydrogen-bond donors (Lipinski definition) is 1. The molecule has 0 aliphatic rings. The van der Waals surface area contributed by atoms with Crippen LogP contribution < -0.4 is 5.56 Å². The fourth-order valence-electron chi connectivity index (χ4n) is 4.12. The lowest BCUT2D eigenvalue weighted by Crippen LogP contribution is -2.21. The van der Waals surface area contributed by atoms with Gasteiger partial charge in [-0.3, -0.25) is 14.5 Å². The van der Waals surface area contributed by atoms with E-state index < -0.39 is 0 Å². The average Bonchev–Trinajstić information content (AvgIpc) is 3.33. The molecule has 5 rings (SSSR count). The number of halogens is 2. The molecule has 0 spiro atoms. The van der Waals surface area contributed by atoms with Crippen molar-refractivity contribution in [3.8, 4) is 22.4 Å². The molecule has 0 aliphatic heterocycles. The lowest BCUT2D eigenvalue weighted by Gasteiger charge is -2.15. The highest BCUT2D eigenvalue weighted by atomic mass is 35.5. The van der Waals surface area contributed by atoms with Crippen LogP contribution in [0.2, 0.25) is 10.0 Å². The maximum atomic E-state index is 13.6. The highest BCUT2D eigenvalue weighted by Crippen LogP contribution is 2.41. The summed E-state index contributed by atoms with van der Waals surface area (Å²) in [5.74, 6) is 0. The van der Waals surface area contributed by atoms with Crippen LogP contribution in [0.15, 0.2) is 59.5 Å². The fourth-order valence-corrected chi connectivity index (χ4v) is 4.62. The minimum atomic E-state index is -0.141. The van der Waals surface area contributed by atoms with E-state index in [1.165, 1.54) is 0 Å². The van der Waals surface area contributed by atoms with Crippen molar-refractivity contribution in [2.24, 2.45) is 14.1 Å². The number of nitrogens with one attached hydrogen (secondary N) is 1. The third-order valence-corrected chi connectivity index (χ3v) is 5.93. The molecule has 2 aromatic carbocycles. The number of hydrogen-bond acceptors (Lipinski definition) is 2. The second-order valence-corrected chi connectivity index (χ2v) is 7.83. The number of aromatic amines is 1. The van der Waals surface area contributed by atoms with E-state index in [2.05, 4.69) is 16.3 Å². The summed E-state index contributed by atoms with van der Waals surface area (Å²) >= 11 is 12.6. The van der Waals surface area contributed by atoms with Crippen LogP contribution in [0.3, 0.4) is 0 Å². The van der Waals surface area contributed by atoms with Crippen LogP contribution >= 0.6 is 23.2 Å². The normalized spacial score (nSPS) is 11.6. The maximum absolute atomic E-state index is 13.6. The van der Waals surface area contributed by atoms with Crippen LogP contribution in [0.1, 0.15) is 0 Å². The molecule has 0 saturated heterocycles. The van der Waals surface area contributed by atoms with Gasteiger partial charge in [-0.25, -0.2) is 0 Å². The van der Waals surface area contributed by atoms with Crippen LogP contribution in [0.25, 0.3) is 44.3 Å². The molecule has 1 N–H and O–H groups in total. The van der Waals surface area contributed by atoms with Gasteiger partial charge in [0.25, 0.3) is 5.56 Å². The molecular weight excluding hydrogens is 407 g/mol. The average molecular weight is 423 g/mol. The van der Waals surface area contributed by atoms with E-state index in [0.29, 0.717) is 21.2 Å². The number of H-pyrrole nitrogens is 1. The Morgan fingerprint density at radius 2 is 1.76 bits per heavy atom. The van der Waals surface area contributed by atoms with Crippen molar-refractivity contribution >= 4 is 45.1 Å². The number of benzene rings is 2. The van der Waals surface area contributed by atoms with Gasteiger partial charge >= 0.3 is 0 Å². The summed E-state index contributed by atoms with van der Waals surface area (Å²) in [5.41, 5.74) is 4.41. The second kappa shape index (κ2) is 6.51. The molecule has 144 valence electrons. The zero-order valence-corrected chi connectivity index (χ0v) is 17.2. The van der Waals surface area contributed by atoms with E-state index in [4.69, 9.17) is 23.2 Å². The van der Waals surface area contributed by atoms with Gasteiger partial charge < -0.3 is 4.57 Å². The number of para-hydroxylation sites is 1. The molecular formula is C22H16Cl2N4O. The molecule has 3 aromatic heterocycles. The third kappa shape index (κ3) is 2.55. The van der Waals surface area contributed by atoms with Gasteiger partial charge in [0.1, 0.15) is 5.65 Å². The second-order valence-electron chi connectivity index (χ2n) is 6.98. The fraction of sp³-hybridized carbons (Fsp3) is 0.0909. The van der Waals surface area contributed by atoms with E-state index >= 15 is 0 Å². The van der Waals surface area contributed by atoms with Gasteiger partial charge in [-0.1, -0.05) is 47.5 Å². The minimum Gasteiger partial charge on any atom is -0.330 e. The Morgan fingerprint density at radius 3 is 2.48 bits per heavy atom. The maximum Gasteiger partial charge on any atom is 0.260 e. The van der Waals surface area contributed by atoms with Gasteiger partial charge in [-0.15, -0.1) is 0 Å². The summed E-state index contributed by atoms with van der Waals surface area (Å²) in [4.78, 5) is 13.6. The quantitative estimate of drug-likeness (QED) is 0.414. The number of nitrogens with zero attached hydrogens (tertiary/aromatic N) is 3. The summed E-state index contributed by atoms with van der Waals surface area (Å²) in [6, 6.07) is 15.2. The molecule has 29 heavy (non-hydrogen) atoms. The van der Waals surface area contributed by atoms with Gasteiger partial charge in [0.2, 0.25) is 0 Å². The van der Waals surface area contributed by atoms with Crippen LogP contribution in [0, 0.1) is 0 Å². The molecule has 0 fully saturated rings. The van der Waals surface area contributed by atoms with E-state index in [0.717, 1.165) is 33.2 Å². The third-order valence-electron chi connectivity index (χ3n) is 5.38. The summed E-state index contributed by atoms with van der Waals surface area (Å²) < 4.78 is 3.72. The first-order valence-electron chi connectivity index (χ1n) is 9.04. The standard InChI is InChI=1S/C22H16Cl2N4O/c1-27-17-6-4-3-5-14(17)18-20(16-9-10-25-26-16)19(22(29)28(2)21(18)27)13-8-7-12(23)11-15(13)24/h3-11H,1-2H3,(H,25,26). The topological polar surface area (TPSA) is 55.6 Å². The first-order chi connectivity index (χ1) is 14.0. The Kier molecular flexibility index (Phi) is 4.05. The Morgan fingerprint density at radius 1 is 0.966 bits per heavy atom. The predicted molar refractivity (Wildman–Crippen MR) is 119 cm³/mol. The smallest absolute Gasteiger partial charge is 0.260 e. The summed E-state index contributed by atoms with van der Waals surface area (Å²) in [6.07, 6.45) is 1.68. The van der Waals surface area contributed by atoms with E-state index in [1.807, 2.05) is 35.9 Å². The van der Waals surface area contributed by atoms with Crippen LogP contribution in [0.5, 0.6) is 0 Å². The monoisotopic (exact) mass is 422 g/mol. The summed E-state index contributed by atoms with van der Waals surface area (Å²) in [6.45, 7) is 0. The van der Waals surface area contributed by atoms with E-state index in [1.54, 1.807) is 36.0 Å². The van der Waals surface area contributed by atoms with Gasteiger partial charge in [-0.2, -0.15) is 5.10 Å². The largest absolute Gasteiger partial charge is 0.330 e. The van der Waals surface area contributed by atoms with Crippen LogP contribution in [-0.2, 0) is 14.1 Å². The molecule has 5 nitrogen and oxygen atoms in total. The molecule has 0 radical (unpaired) electrons. The van der Waals surface area contributed by atoms with Crippen molar-refractivity contribution in [2.45, 2.75) is 0 Å². The van der Waals surface area contributed by atoms with Gasteiger partial charge in [-0.05, 0) is 24.3 Å². The molecule has 0 atom stereocenters. The molecule has 0 unspecified atom stereocenters. The molecule has 5 aromatic rings. The molecule has 7 heteroatoms. The molecule has 0 bridgehead atoms. The van der Waals surface area contributed by atoms with Crippen LogP contribution in [-0.4, -0.2) is 19.3 Å². The highest BCUT2D eigenvalue weighted by Gasteiger charge is 2.24. The van der Waals surface area contributed by atoms with Crippen molar-refractivity contribution in [1.82, 2.24) is 19.3 Å². The van der Waals surface area contributed by atoms with Crippen LogP contribution in [0.4, 0.5) is 0 Å². The molecule has 3 heterocycles. The summed E-state index contributed by atoms with van der Waals surface area (Å²) in [7, 11) is 3.75. The number of fused-ring (bicyclic) bond motifs is 3.